The molecule has 0 amide bonds. The molecule has 0 aliphatic rings. The molecule has 5 nitrogen and oxygen atoms in total. The number of rotatable bonds is 4. The lowest BCUT2D eigenvalue weighted by Crippen LogP contribution is -2.07. The Bertz CT molecular complexity index is 526. The number of ketones is 1. The molecule has 0 aromatic carbocycles. The quantitative estimate of drug-likeness (QED) is 0.774. The first-order valence-corrected chi connectivity index (χ1v) is 5.67. The van der Waals surface area contributed by atoms with Gasteiger partial charge in [0.15, 0.2) is 5.69 Å². The van der Waals surface area contributed by atoms with E-state index in [4.69, 9.17) is 9.47 Å². The number of methoxy groups -OCH3 is 2. The molecule has 0 N–H and O–H groups in total. The lowest BCUT2D eigenvalue weighted by Gasteiger charge is -2.06. The van der Waals surface area contributed by atoms with Crippen LogP contribution in [-0.2, 0) is 0 Å². The molecule has 0 aliphatic carbocycles. The molecule has 2 heterocycles. The Labute approximate surface area is 102 Å². The molecule has 2 aromatic rings. The van der Waals surface area contributed by atoms with E-state index >= 15 is 0 Å². The summed E-state index contributed by atoms with van der Waals surface area (Å²) in [4.78, 5) is 20.7. The van der Waals surface area contributed by atoms with Crippen LogP contribution in [0.25, 0.3) is 0 Å². The molecule has 0 bridgehead atoms. The van der Waals surface area contributed by atoms with Crippen LogP contribution >= 0.6 is 11.3 Å². The average Bonchev–Trinajstić information content (AvgIpc) is 2.91. The topological polar surface area (TPSA) is 61.3 Å². The largest absolute Gasteiger partial charge is 0.480 e. The fourth-order valence-corrected chi connectivity index (χ4v) is 1.94. The highest BCUT2D eigenvalue weighted by Crippen LogP contribution is 2.21. The number of thiophene rings is 1. The average molecular weight is 250 g/mol. The highest BCUT2D eigenvalue weighted by Gasteiger charge is 2.19. The van der Waals surface area contributed by atoms with E-state index in [-0.39, 0.29) is 17.4 Å². The summed E-state index contributed by atoms with van der Waals surface area (Å²) in [7, 11) is 2.92. The molecule has 0 saturated carbocycles. The van der Waals surface area contributed by atoms with Gasteiger partial charge in [0.1, 0.15) is 0 Å². The van der Waals surface area contributed by atoms with Crippen molar-refractivity contribution in [3.63, 3.8) is 0 Å². The van der Waals surface area contributed by atoms with Crippen molar-refractivity contribution in [1.29, 1.82) is 0 Å². The van der Waals surface area contributed by atoms with Crippen LogP contribution in [0, 0.1) is 0 Å². The van der Waals surface area contributed by atoms with Gasteiger partial charge in [-0.2, -0.15) is 4.98 Å². The molecule has 2 aromatic heterocycles. The summed E-state index contributed by atoms with van der Waals surface area (Å²) in [5, 5.41) is 1.83. The van der Waals surface area contributed by atoms with Crippen LogP contribution in [0.2, 0.25) is 0 Å². The third kappa shape index (κ3) is 2.26. The fourth-order valence-electron chi connectivity index (χ4n) is 1.28. The summed E-state index contributed by atoms with van der Waals surface area (Å²) in [6, 6.07) is 3.54. The second-order valence-electron chi connectivity index (χ2n) is 3.08. The zero-order valence-electron chi connectivity index (χ0n) is 9.34. The van der Waals surface area contributed by atoms with Gasteiger partial charge in [0.2, 0.25) is 17.5 Å². The molecule has 6 heteroatoms. The lowest BCUT2D eigenvalue weighted by molar-refractivity contribution is 0.103. The van der Waals surface area contributed by atoms with Gasteiger partial charge in [-0.1, -0.05) is 6.07 Å². The van der Waals surface area contributed by atoms with Crippen LogP contribution in [0.5, 0.6) is 11.8 Å². The number of aromatic nitrogens is 2. The van der Waals surface area contributed by atoms with Crippen LogP contribution in [0.15, 0.2) is 23.7 Å². The van der Waals surface area contributed by atoms with E-state index in [0.29, 0.717) is 10.8 Å². The zero-order valence-corrected chi connectivity index (χ0v) is 10.2. The minimum Gasteiger partial charge on any atom is -0.480 e. The molecule has 0 unspecified atom stereocenters. The van der Waals surface area contributed by atoms with Gasteiger partial charge in [-0.05, 0) is 11.4 Å². The van der Waals surface area contributed by atoms with Crippen molar-refractivity contribution in [2.45, 2.75) is 0 Å². The number of nitrogens with zero attached hydrogens (tertiary/aromatic N) is 2. The maximum atomic E-state index is 12.1. The number of hydrogen-bond donors (Lipinski definition) is 0. The molecule has 0 aliphatic heterocycles. The summed E-state index contributed by atoms with van der Waals surface area (Å²) in [6.07, 6.45) is 1.39. The predicted molar refractivity (Wildman–Crippen MR) is 62.9 cm³/mol. The van der Waals surface area contributed by atoms with Gasteiger partial charge in [-0.25, -0.2) is 4.98 Å². The van der Waals surface area contributed by atoms with Crippen molar-refractivity contribution in [2.24, 2.45) is 0 Å². The molecule has 0 atom stereocenters. The zero-order chi connectivity index (χ0) is 12.3. The number of carbonyl (C=O) groups is 1. The summed E-state index contributed by atoms with van der Waals surface area (Å²) >= 11 is 1.35. The van der Waals surface area contributed by atoms with E-state index in [1.165, 1.54) is 31.8 Å². The second kappa shape index (κ2) is 4.92. The summed E-state index contributed by atoms with van der Waals surface area (Å²) in [5.41, 5.74) is 0.191. The van der Waals surface area contributed by atoms with Gasteiger partial charge in [-0.15, -0.1) is 11.3 Å². The number of carbonyl (C=O) groups excluding carboxylic acids is 1. The van der Waals surface area contributed by atoms with Crippen molar-refractivity contribution < 1.29 is 14.3 Å². The SMILES string of the molecule is COc1cnc(C(=O)c2cccs2)c(OC)n1. The smallest absolute Gasteiger partial charge is 0.247 e. The van der Waals surface area contributed by atoms with Crippen molar-refractivity contribution >= 4 is 17.1 Å². The number of hydrogen-bond acceptors (Lipinski definition) is 6. The Morgan fingerprint density at radius 3 is 2.76 bits per heavy atom. The second-order valence-corrected chi connectivity index (χ2v) is 4.02. The van der Waals surface area contributed by atoms with Gasteiger partial charge in [0.25, 0.3) is 0 Å². The maximum absolute atomic E-state index is 12.1. The third-order valence-corrected chi connectivity index (χ3v) is 2.95. The van der Waals surface area contributed by atoms with E-state index < -0.39 is 0 Å². The first-order valence-electron chi connectivity index (χ1n) is 4.79. The fraction of sp³-hybridized carbons (Fsp3) is 0.182. The van der Waals surface area contributed by atoms with Gasteiger partial charge < -0.3 is 9.47 Å². The van der Waals surface area contributed by atoms with Gasteiger partial charge in [0.05, 0.1) is 25.3 Å². The first kappa shape index (κ1) is 11.5. The van der Waals surface area contributed by atoms with E-state index in [2.05, 4.69) is 9.97 Å². The molecule has 0 fully saturated rings. The molecule has 0 spiro atoms. The summed E-state index contributed by atoms with van der Waals surface area (Å²) < 4.78 is 9.96. The third-order valence-electron chi connectivity index (χ3n) is 2.08. The Morgan fingerprint density at radius 1 is 1.35 bits per heavy atom. The van der Waals surface area contributed by atoms with E-state index in [9.17, 15) is 4.79 Å². The van der Waals surface area contributed by atoms with Gasteiger partial charge in [-0.3, -0.25) is 4.79 Å². The predicted octanol–water partition coefficient (Wildman–Crippen LogP) is 1.79. The van der Waals surface area contributed by atoms with Crippen molar-refractivity contribution in [1.82, 2.24) is 9.97 Å². The maximum Gasteiger partial charge on any atom is 0.247 e. The first-order chi connectivity index (χ1) is 8.26. The van der Waals surface area contributed by atoms with E-state index in [1.54, 1.807) is 12.1 Å². The Morgan fingerprint density at radius 2 is 2.18 bits per heavy atom. The summed E-state index contributed by atoms with van der Waals surface area (Å²) in [6.45, 7) is 0. The van der Waals surface area contributed by atoms with Crippen LogP contribution in [0.4, 0.5) is 0 Å². The Kier molecular flexibility index (Phi) is 3.34. The number of ether oxygens (including phenoxy) is 2. The molecule has 88 valence electrons. The lowest BCUT2D eigenvalue weighted by atomic mass is 10.2. The highest BCUT2D eigenvalue weighted by molar-refractivity contribution is 7.12. The normalized spacial score (nSPS) is 10.0. The van der Waals surface area contributed by atoms with Crippen LogP contribution in [-0.4, -0.2) is 30.0 Å². The van der Waals surface area contributed by atoms with Crippen LogP contribution < -0.4 is 9.47 Å². The molecular weight excluding hydrogens is 240 g/mol. The monoisotopic (exact) mass is 250 g/mol. The minimum atomic E-state index is -0.202. The van der Waals surface area contributed by atoms with Crippen molar-refractivity contribution in [2.75, 3.05) is 14.2 Å². The Balaban J connectivity index is 2.41. The highest BCUT2D eigenvalue weighted by atomic mass is 32.1. The summed E-state index contributed by atoms with van der Waals surface area (Å²) in [5.74, 6) is 0.277. The van der Waals surface area contributed by atoms with Crippen LogP contribution in [0.1, 0.15) is 15.4 Å². The Hall–Kier alpha value is -1.95. The molecule has 0 radical (unpaired) electrons. The van der Waals surface area contributed by atoms with E-state index in [1.807, 2.05) is 5.38 Å². The van der Waals surface area contributed by atoms with Gasteiger partial charge in [0, 0.05) is 0 Å². The standard InChI is InChI=1S/C11H10N2O3S/c1-15-8-6-12-9(11(13-8)16-2)10(14)7-4-3-5-17-7/h3-6H,1-2H3. The molecule has 0 saturated heterocycles. The minimum absolute atomic E-state index is 0.169. The van der Waals surface area contributed by atoms with Crippen molar-refractivity contribution in [3.8, 4) is 11.8 Å². The van der Waals surface area contributed by atoms with Gasteiger partial charge >= 0.3 is 0 Å². The van der Waals surface area contributed by atoms with Crippen molar-refractivity contribution in [3.05, 3.63) is 34.3 Å². The van der Waals surface area contributed by atoms with E-state index in [0.717, 1.165) is 0 Å². The molecule has 2 rings (SSSR count). The van der Waals surface area contributed by atoms with Crippen LogP contribution in [0.3, 0.4) is 0 Å². The molecular formula is C11H10N2O3S. The molecule has 17 heavy (non-hydrogen) atoms.